The second kappa shape index (κ2) is 4.23. The zero-order valence-electron chi connectivity index (χ0n) is 11.4. The molecular formula is C15H14O5. The monoisotopic (exact) mass is 274 g/mol. The number of fused-ring (bicyclic) bond motifs is 2. The fraction of sp³-hybridized carbons (Fsp3) is 0.200. The number of phenols is 2. The standard InChI is InChI=1S/C15H14O5/c1-7-4-9(16)13-11(5-7)19-15-12(20-13)8(2)6-10(17)14(15)18-3/h4-6,16-17H,1-3H3. The van der Waals surface area contributed by atoms with Crippen molar-refractivity contribution in [2.24, 2.45) is 0 Å². The normalized spacial score (nSPS) is 11.9. The maximum Gasteiger partial charge on any atom is 0.216 e. The van der Waals surface area contributed by atoms with Gasteiger partial charge in [0.2, 0.25) is 17.2 Å². The smallest absolute Gasteiger partial charge is 0.216 e. The van der Waals surface area contributed by atoms with Gasteiger partial charge >= 0.3 is 0 Å². The average Bonchev–Trinajstić information content (AvgIpc) is 2.37. The van der Waals surface area contributed by atoms with E-state index < -0.39 is 0 Å². The maximum absolute atomic E-state index is 9.95. The van der Waals surface area contributed by atoms with Crippen LogP contribution in [0.25, 0.3) is 0 Å². The molecule has 1 aliphatic rings. The first-order valence-electron chi connectivity index (χ1n) is 6.11. The number of aromatic hydroxyl groups is 2. The summed E-state index contributed by atoms with van der Waals surface area (Å²) >= 11 is 0. The van der Waals surface area contributed by atoms with Gasteiger partial charge in [0.1, 0.15) is 0 Å². The van der Waals surface area contributed by atoms with Crippen molar-refractivity contribution in [1.29, 1.82) is 0 Å². The van der Waals surface area contributed by atoms with Gasteiger partial charge in [-0.25, -0.2) is 0 Å². The molecule has 104 valence electrons. The second-order valence-electron chi connectivity index (χ2n) is 4.72. The molecule has 0 fully saturated rings. The predicted molar refractivity (Wildman–Crippen MR) is 72.4 cm³/mol. The van der Waals surface area contributed by atoms with Gasteiger partial charge in [0.25, 0.3) is 0 Å². The molecular weight excluding hydrogens is 260 g/mol. The number of hydrogen-bond acceptors (Lipinski definition) is 5. The van der Waals surface area contributed by atoms with Crippen LogP contribution in [0.2, 0.25) is 0 Å². The van der Waals surface area contributed by atoms with E-state index in [9.17, 15) is 10.2 Å². The van der Waals surface area contributed by atoms with Gasteiger partial charge < -0.3 is 24.4 Å². The van der Waals surface area contributed by atoms with Gasteiger partial charge in [0.15, 0.2) is 23.0 Å². The van der Waals surface area contributed by atoms with Gasteiger partial charge in [0, 0.05) is 0 Å². The lowest BCUT2D eigenvalue weighted by atomic mass is 10.1. The van der Waals surface area contributed by atoms with Gasteiger partial charge in [-0.15, -0.1) is 0 Å². The molecule has 0 bridgehead atoms. The van der Waals surface area contributed by atoms with Gasteiger partial charge in [-0.3, -0.25) is 0 Å². The summed E-state index contributed by atoms with van der Waals surface area (Å²) < 4.78 is 16.6. The Hall–Kier alpha value is -2.56. The molecule has 2 aromatic carbocycles. The Bertz CT molecular complexity index is 706. The Kier molecular flexibility index (Phi) is 2.64. The predicted octanol–water partition coefficient (Wildman–Crippen LogP) is 3.62. The van der Waals surface area contributed by atoms with Crippen molar-refractivity contribution >= 4 is 0 Å². The second-order valence-corrected chi connectivity index (χ2v) is 4.72. The summed E-state index contributed by atoms with van der Waals surface area (Å²) in [5.41, 5.74) is 1.52. The van der Waals surface area contributed by atoms with E-state index in [0.717, 1.165) is 5.56 Å². The quantitative estimate of drug-likeness (QED) is 0.709. The SMILES string of the molecule is COc1c(O)cc(C)c2c1Oc1cc(C)cc(O)c1O2. The van der Waals surface area contributed by atoms with Crippen LogP contribution >= 0.6 is 0 Å². The molecule has 5 heteroatoms. The van der Waals surface area contributed by atoms with E-state index in [1.165, 1.54) is 13.2 Å². The number of methoxy groups -OCH3 is 1. The van der Waals surface area contributed by atoms with Crippen molar-refractivity contribution in [2.45, 2.75) is 13.8 Å². The lowest BCUT2D eigenvalue weighted by molar-refractivity contribution is 0.304. The summed E-state index contributed by atoms with van der Waals surface area (Å²) in [5, 5.41) is 19.8. The zero-order valence-corrected chi connectivity index (χ0v) is 11.4. The third-order valence-corrected chi connectivity index (χ3v) is 3.16. The minimum atomic E-state index is -0.0207. The number of phenolic OH excluding ortho intramolecular Hbond substituents is 2. The summed E-state index contributed by atoms with van der Waals surface area (Å²) in [4.78, 5) is 0. The highest BCUT2D eigenvalue weighted by Gasteiger charge is 2.28. The average molecular weight is 274 g/mol. The largest absolute Gasteiger partial charge is 0.504 e. The van der Waals surface area contributed by atoms with Crippen LogP contribution in [0.4, 0.5) is 0 Å². The van der Waals surface area contributed by atoms with Gasteiger partial charge in [0.05, 0.1) is 7.11 Å². The van der Waals surface area contributed by atoms with Crippen LogP contribution in [-0.2, 0) is 0 Å². The molecule has 0 spiro atoms. The van der Waals surface area contributed by atoms with Crippen molar-refractivity contribution in [2.75, 3.05) is 7.11 Å². The summed E-state index contributed by atoms with van der Waals surface area (Å²) in [5.74, 6) is 1.58. The molecule has 2 aromatic rings. The third-order valence-electron chi connectivity index (χ3n) is 3.16. The zero-order chi connectivity index (χ0) is 14.4. The minimum Gasteiger partial charge on any atom is -0.504 e. The Morgan fingerprint density at radius 1 is 0.900 bits per heavy atom. The van der Waals surface area contributed by atoms with E-state index in [1.807, 2.05) is 6.92 Å². The van der Waals surface area contributed by atoms with E-state index >= 15 is 0 Å². The molecule has 20 heavy (non-hydrogen) atoms. The van der Waals surface area contributed by atoms with E-state index in [0.29, 0.717) is 22.8 Å². The lowest BCUT2D eigenvalue weighted by Gasteiger charge is -2.24. The number of aryl methyl sites for hydroxylation is 2. The first-order valence-corrected chi connectivity index (χ1v) is 6.11. The number of benzene rings is 2. The molecule has 0 saturated carbocycles. The highest BCUT2D eigenvalue weighted by molar-refractivity contribution is 5.69. The molecule has 0 saturated heterocycles. The molecule has 0 aromatic heterocycles. The third kappa shape index (κ3) is 1.71. The van der Waals surface area contributed by atoms with Crippen molar-refractivity contribution in [1.82, 2.24) is 0 Å². The maximum atomic E-state index is 9.95. The Balaban J connectivity index is 2.22. The van der Waals surface area contributed by atoms with Crippen LogP contribution in [0.3, 0.4) is 0 Å². The number of rotatable bonds is 1. The van der Waals surface area contributed by atoms with E-state index in [2.05, 4.69) is 0 Å². The summed E-state index contributed by atoms with van der Waals surface area (Å²) in [6.07, 6.45) is 0. The van der Waals surface area contributed by atoms with Crippen LogP contribution < -0.4 is 14.2 Å². The van der Waals surface area contributed by atoms with Crippen molar-refractivity contribution in [3.63, 3.8) is 0 Å². The van der Waals surface area contributed by atoms with Gasteiger partial charge in [-0.2, -0.15) is 0 Å². The van der Waals surface area contributed by atoms with Crippen LogP contribution in [-0.4, -0.2) is 17.3 Å². The van der Waals surface area contributed by atoms with Crippen molar-refractivity contribution < 1.29 is 24.4 Å². The highest BCUT2D eigenvalue weighted by atomic mass is 16.6. The molecule has 5 nitrogen and oxygen atoms in total. The Labute approximate surface area is 116 Å². The summed E-state index contributed by atoms with van der Waals surface area (Å²) in [6.45, 7) is 3.61. The summed E-state index contributed by atoms with van der Waals surface area (Å²) in [6, 6.07) is 4.87. The molecule has 0 radical (unpaired) electrons. The van der Waals surface area contributed by atoms with Crippen molar-refractivity contribution in [3.05, 3.63) is 29.3 Å². The topological polar surface area (TPSA) is 68.2 Å². The molecule has 3 rings (SSSR count). The molecule has 0 aliphatic carbocycles. The fourth-order valence-corrected chi connectivity index (χ4v) is 2.26. The van der Waals surface area contributed by atoms with Crippen molar-refractivity contribution in [3.8, 4) is 40.2 Å². The minimum absolute atomic E-state index is 0.0112. The van der Waals surface area contributed by atoms with Crippen LogP contribution in [0, 0.1) is 13.8 Å². The Morgan fingerprint density at radius 3 is 2.35 bits per heavy atom. The Morgan fingerprint density at radius 2 is 1.65 bits per heavy atom. The first kappa shape index (κ1) is 12.5. The summed E-state index contributed by atoms with van der Waals surface area (Å²) in [7, 11) is 1.44. The van der Waals surface area contributed by atoms with Crippen LogP contribution in [0.15, 0.2) is 18.2 Å². The van der Waals surface area contributed by atoms with Crippen LogP contribution in [0.5, 0.6) is 40.2 Å². The molecule has 0 unspecified atom stereocenters. The molecule has 1 aliphatic heterocycles. The number of ether oxygens (including phenoxy) is 3. The molecule has 1 heterocycles. The molecule has 2 N–H and O–H groups in total. The first-order chi connectivity index (χ1) is 9.51. The lowest BCUT2D eigenvalue weighted by Crippen LogP contribution is -2.03. The fourth-order valence-electron chi connectivity index (χ4n) is 2.26. The van der Waals surface area contributed by atoms with Gasteiger partial charge in [-0.05, 0) is 43.2 Å². The highest BCUT2D eigenvalue weighted by Crippen LogP contribution is 2.56. The van der Waals surface area contributed by atoms with Gasteiger partial charge in [-0.1, -0.05) is 0 Å². The molecule has 0 amide bonds. The van der Waals surface area contributed by atoms with E-state index in [-0.39, 0.29) is 23.0 Å². The van der Waals surface area contributed by atoms with E-state index in [1.54, 1.807) is 19.1 Å². The molecule has 0 atom stereocenters. The number of hydrogen-bond donors (Lipinski definition) is 2. The van der Waals surface area contributed by atoms with E-state index in [4.69, 9.17) is 14.2 Å². The van der Waals surface area contributed by atoms with Crippen LogP contribution in [0.1, 0.15) is 11.1 Å².